The molecule has 6 aromatic carbocycles. The first-order valence-corrected chi connectivity index (χ1v) is 19.4. The minimum Gasteiger partial charge on any atom is -0.310 e. The molecular weight excluding hydrogens is 615 g/mol. The lowest BCUT2D eigenvalue weighted by Crippen LogP contribution is -2.26. The van der Waals surface area contributed by atoms with Crippen LogP contribution in [0.2, 0.25) is 0 Å². The van der Waals surface area contributed by atoms with Crippen LogP contribution in [0.1, 0.15) is 101 Å². The molecule has 1 nitrogen and oxygen atoms in total. The zero-order chi connectivity index (χ0) is 35.0. The predicted octanol–water partition coefficient (Wildman–Crippen LogP) is 14.6. The number of hydrogen-bond donors (Lipinski definition) is 0. The van der Waals surface area contributed by atoms with E-state index in [4.69, 9.17) is 0 Å². The molecule has 0 fully saturated rings. The van der Waals surface area contributed by atoms with Gasteiger partial charge in [0.15, 0.2) is 0 Å². The Bertz CT molecular complexity index is 2140. The maximum atomic E-state index is 2.57. The highest BCUT2D eigenvalue weighted by atomic mass is 15.1. The third-order valence-corrected chi connectivity index (χ3v) is 12.0. The Morgan fingerprint density at radius 2 is 0.882 bits per heavy atom. The Morgan fingerprint density at radius 1 is 0.412 bits per heavy atom. The van der Waals surface area contributed by atoms with Gasteiger partial charge in [-0.1, -0.05) is 169 Å². The molecule has 256 valence electrons. The van der Waals surface area contributed by atoms with Crippen LogP contribution < -0.4 is 4.90 Å². The second kappa shape index (κ2) is 13.7. The number of rotatable bonds is 12. The second-order valence-corrected chi connectivity index (χ2v) is 15.4. The first kappa shape index (κ1) is 33.3. The van der Waals surface area contributed by atoms with Gasteiger partial charge in [-0.2, -0.15) is 0 Å². The van der Waals surface area contributed by atoms with Crippen molar-refractivity contribution in [2.24, 2.45) is 0 Å². The lowest BCUT2D eigenvalue weighted by atomic mass is 9.70. The number of nitrogens with zero attached hydrogens (tertiary/aromatic N) is 1. The summed E-state index contributed by atoms with van der Waals surface area (Å²) in [5.41, 5.74) is 17.5. The van der Waals surface area contributed by atoms with Crippen molar-refractivity contribution in [3.63, 3.8) is 0 Å². The van der Waals surface area contributed by atoms with Crippen molar-refractivity contribution in [3.8, 4) is 33.4 Å². The highest BCUT2D eigenvalue weighted by Gasteiger charge is 2.42. The fourth-order valence-electron chi connectivity index (χ4n) is 9.31. The molecular formula is C50H51N. The Balaban J connectivity index is 1.30. The van der Waals surface area contributed by atoms with Crippen molar-refractivity contribution in [1.29, 1.82) is 0 Å². The van der Waals surface area contributed by atoms with E-state index in [1.165, 1.54) is 118 Å². The van der Waals surface area contributed by atoms with Gasteiger partial charge in [0, 0.05) is 27.9 Å². The number of unbranched alkanes of at least 4 members (excludes halogenated alkanes) is 4. The average molecular weight is 666 g/mol. The minimum atomic E-state index is -0.0714. The smallest absolute Gasteiger partial charge is 0.0465 e. The van der Waals surface area contributed by atoms with E-state index >= 15 is 0 Å². The molecule has 0 unspecified atom stereocenters. The number of fused-ring (bicyclic) bond motifs is 6. The molecule has 2 aliphatic carbocycles. The summed E-state index contributed by atoms with van der Waals surface area (Å²) >= 11 is 0. The van der Waals surface area contributed by atoms with Crippen LogP contribution in [0, 0.1) is 0 Å². The lowest BCUT2D eigenvalue weighted by Gasteiger charge is -2.34. The van der Waals surface area contributed by atoms with Gasteiger partial charge in [-0.3, -0.25) is 0 Å². The maximum absolute atomic E-state index is 2.57. The lowest BCUT2D eigenvalue weighted by molar-refractivity contribution is 0.405. The molecule has 0 saturated heterocycles. The Morgan fingerprint density at radius 3 is 1.51 bits per heavy atom. The van der Waals surface area contributed by atoms with Crippen LogP contribution >= 0.6 is 0 Å². The molecule has 1 heteroatoms. The molecule has 6 aromatic rings. The van der Waals surface area contributed by atoms with Crippen molar-refractivity contribution < 1.29 is 0 Å². The van der Waals surface area contributed by atoms with Gasteiger partial charge < -0.3 is 4.90 Å². The van der Waals surface area contributed by atoms with E-state index in [0.717, 1.165) is 0 Å². The normalized spacial score (nSPS) is 14.4. The number of anilines is 3. The van der Waals surface area contributed by atoms with Gasteiger partial charge in [-0.25, -0.2) is 0 Å². The molecule has 0 amide bonds. The topological polar surface area (TPSA) is 3.24 Å². The van der Waals surface area contributed by atoms with Crippen molar-refractivity contribution in [2.75, 3.05) is 4.90 Å². The number of hydrogen-bond acceptors (Lipinski definition) is 1. The molecule has 0 heterocycles. The summed E-state index contributed by atoms with van der Waals surface area (Å²) in [6, 6.07) is 52.8. The molecule has 51 heavy (non-hydrogen) atoms. The van der Waals surface area contributed by atoms with Crippen LogP contribution in [0.4, 0.5) is 17.1 Å². The predicted molar refractivity (Wildman–Crippen MR) is 219 cm³/mol. The molecule has 0 radical (unpaired) electrons. The molecule has 2 aliphatic rings. The molecule has 8 rings (SSSR count). The summed E-state index contributed by atoms with van der Waals surface area (Å²) in [5, 5.41) is 0. The third kappa shape index (κ3) is 5.72. The van der Waals surface area contributed by atoms with Gasteiger partial charge in [-0.15, -0.1) is 0 Å². The van der Waals surface area contributed by atoms with E-state index in [1.54, 1.807) is 5.56 Å². The highest BCUT2D eigenvalue weighted by molar-refractivity contribution is 5.88. The van der Waals surface area contributed by atoms with Crippen LogP contribution in [0.3, 0.4) is 0 Å². The summed E-state index contributed by atoms with van der Waals surface area (Å²) in [4.78, 5) is 2.51. The third-order valence-electron chi connectivity index (χ3n) is 12.0. The Labute approximate surface area is 306 Å². The van der Waals surface area contributed by atoms with Gasteiger partial charge in [0.05, 0.1) is 0 Å². The summed E-state index contributed by atoms with van der Waals surface area (Å²) < 4.78 is 0. The van der Waals surface area contributed by atoms with Gasteiger partial charge in [0.25, 0.3) is 0 Å². The Hall–Kier alpha value is -4.88. The molecule has 0 aliphatic heterocycles. The van der Waals surface area contributed by atoms with Crippen LogP contribution in [-0.2, 0) is 10.8 Å². The summed E-state index contributed by atoms with van der Waals surface area (Å²) in [6.07, 6.45) is 9.96. The van der Waals surface area contributed by atoms with Crippen LogP contribution in [0.5, 0.6) is 0 Å². The van der Waals surface area contributed by atoms with Gasteiger partial charge in [-0.05, 0) is 105 Å². The molecule has 0 saturated carbocycles. The van der Waals surface area contributed by atoms with Crippen LogP contribution in [-0.4, -0.2) is 0 Å². The summed E-state index contributed by atoms with van der Waals surface area (Å²) in [6.45, 7) is 9.42. The van der Waals surface area contributed by atoms with E-state index in [-0.39, 0.29) is 10.8 Å². The van der Waals surface area contributed by atoms with Crippen molar-refractivity contribution in [2.45, 2.75) is 89.9 Å². The number of benzene rings is 6. The largest absolute Gasteiger partial charge is 0.310 e. The maximum Gasteiger partial charge on any atom is 0.0465 e. The molecule has 0 spiro atoms. The standard InChI is InChI=1S/C50H51N/c1-5-7-16-32-50(33-17-8-6-2)46-23-15-13-21-42(46)44-31-29-40(35-48(44)50)51(38-26-24-37(25-27-38)36-18-10-9-11-19-36)39-28-30-43-41-20-12-14-22-45(41)49(3,4)47(43)34-39/h9-15,18-31,34-35H,5-8,16-17,32-33H2,1-4H3. The Kier molecular flexibility index (Phi) is 8.93. The molecule has 0 aromatic heterocycles. The van der Waals surface area contributed by atoms with E-state index in [9.17, 15) is 0 Å². The molecule has 0 bridgehead atoms. The van der Waals surface area contributed by atoms with E-state index in [0.29, 0.717) is 0 Å². The highest BCUT2D eigenvalue weighted by Crippen LogP contribution is 2.56. The van der Waals surface area contributed by atoms with E-state index < -0.39 is 0 Å². The minimum absolute atomic E-state index is 0.0384. The van der Waals surface area contributed by atoms with Crippen molar-refractivity contribution >= 4 is 17.1 Å². The second-order valence-electron chi connectivity index (χ2n) is 15.4. The summed E-state index contributed by atoms with van der Waals surface area (Å²) in [7, 11) is 0. The van der Waals surface area contributed by atoms with E-state index in [1.807, 2.05) is 0 Å². The SMILES string of the molecule is CCCCCC1(CCCCC)c2ccccc2-c2ccc(N(c3ccc(-c4ccccc4)cc3)c3ccc4c(c3)C(C)(C)c3ccccc3-4)cc21. The zero-order valence-electron chi connectivity index (χ0n) is 30.9. The van der Waals surface area contributed by atoms with Crippen molar-refractivity contribution in [1.82, 2.24) is 0 Å². The monoisotopic (exact) mass is 665 g/mol. The van der Waals surface area contributed by atoms with Gasteiger partial charge >= 0.3 is 0 Å². The van der Waals surface area contributed by atoms with Crippen LogP contribution in [0.15, 0.2) is 140 Å². The fourth-order valence-corrected chi connectivity index (χ4v) is 9.31. The van der Waals surface area contributed by atoms with E-state index in [2.05, 4.69) is 172 Å². The van der Waals surface area contributed by atoms with Crippen LogP contribution in [0.25, 0.3) is 33.4 Å². The van der Waals surface area contributed by atoms with Crippen molar-refractivity contribution in [3.05, 3.63) is 162 Å². The average Bonchev–Trinajstić information content (AvgIpc) is 3.57. The first-order chi connectivity index (χ1) is 25.0. The molecule has 0 N–H and O–H groups in total. The quantitative estimate of drug-likeness (QED) is 0.118. The molecule has 0 atom stereocenters. The summed E-state index contributed by atoms with van der Waals surface area (Å²) in [5.74, 6) is 0. The van der Waals surface area contributed by atoms with Gasteiger partial charge in [0.2, 0.25) is 0 Å². The van der Waals surface area contributed by atoms with Gasteiger partial charge in [0.1, 0.15) is 0 Å². The fraction of sp³-hybridized carbons (Fsp3) is 0.280. The first-order valence-electron chi connectivity index (χ1n) is 19.4. The zero-order valence-corrected chi connectivity index (χ0v) is 30.9.